The van der Waals surface area contributed by atoms with Crippen LogP contribution in [0.2, 0.25) is 5.02 Å². The third kappa shape index (κ3) is 2.96. The predicted molar refractivity (Wildman–Crippen MR) is 80.4 cm³/mol. The SMILES string of the molecule is C/C(=C(/C#N)C(=O)c1ccccc1)c1cccc(Cl)c1. The van der Waals surface area contributed by atoms with Crippen molar-refractivity contribution in [3.63, 3.8) is 0 Å². The Bertz CT molecular complexity index is 711. The quantitative estimate of drug-likeness (QED) is 0.471. The van der Waals surface area contributed by atoms with Crippen molar-refractivity contribution in [2.24, 2.45) is 0 Å². The fourth-order valence-electron chi connectivity index (χ4n) is 1.90. The normalized spacial score (nSPS) is 11.4. The molecule has 0 N–H and O–H groups in total. The minimum atomic E-state index is -0.273. The van der Waals surface area contributed by atoms with Gasteiger partial charge in [0.1, 0.15) is 11.6 Å². The van der Waals surface area contributed by atoms with Crippen LogP contribution < -0.4 is 0 Å². The van der Waals surface area contributed by atoms with Gasteiger partial charge in [-0.15, -0.1) is 0 Å². The molecule has 0 bridgehead atoms. The van der Waals surface area contributed by atoms with Crippen LogP contribution in [0.4, 0.5) is 0 Å². The Labute approximate surface area is 122 Å². The molecule has 0 amide bonds. The lowest BCUT2D eigenvalue weighted by molar-refractivity contribution is 0.103. The molecular formula is C17H12ClNO. The molecule has 0 atom stereocenters. The molecule has 20 heavy (non-hydrogen) atoms. The highest BCUT2D eigenvalue weighted by atomic mass is 35.5. The maximum absolute atomic E-state index is 12.4. The zero-order chi connectivity index (χ0) is 14.5. The van der Waals surface area contributed by atoms with Gasteiger partial charge in [0, 0.05) is 10.6 Å². The molecular weight excluding hydrogens is 270 g/mol. The highest BCUT2D eigenvalue weighted by molar-refractivity contribution is 6.30. The number of nitriles is 1. The number of hydrogen-bond donors (Lipinski definition) is 0. The molecule has 2 rings (SSSR count). The second-order valence-corrected chi connectivity index (χ2v) is 4.75. The molecule has 2 nitrogen and oxygen atoms in total. The molecule has 0 aliphatic rings. The van der Waals surface area contributed by atoms with Gasteiger partial charge in [0.05, 0.1) is 0 Å². The van der Waals surface area contributed by atoms with Gasteiger partial charge in [-0.1, -0.05) is 54.1 Å². The number of nitrogens with zero attached hydrogens (tertiary/aromatic N) is 1. The predicted octanol–water partition coefficient (Wildman–Crippen LogP) is 4.52. The van der Waals surface area contributed by atoms with E-state index < -0.39 is 0 Å². The molecule has 0 unspecified atom stereocenters. The highest BCUT2D eigenvalue weighted by Crippen LogP contribution is 2.23. The van der Waals surface area contributed by atoms with E-state index in [4.69, 9.17) is 11.6 Å². The average molecular weight is 282 g/mol. The molecule has 98 valence electrons. The Morgan fingerprint density at radius 1 is 1.05 bits per heavy atom. The molecule has 3 heteroatoms. The van der Waals surface area contributed by atoms with E-state index in [1.165, 1.54) is 0 Å². The van der Waals surface area contributed by atoms with Crippen molar-refractivity contribution in [3.05, 3.63) is 76.3 Å². The summed E-state index contributed by atoms with van der Waals surface area (Å²) in [4.78, 5) is 12.4. The number of halogens is 1. The van der Waals surface area contributed by atoms with Crippen LogP contribution in [0.5, 0.6) is 0 Å². The number of carbonyl (C=O) groups is 1. The first-order valence-corrected chi connectivity index (χ1v) is 6.48. The second-order valence-electron chi connectivity index (χ2n) is 4.32. The van der Waals surface area contributed by atoms with Gasteiger partial charge in [0.25, 0.3) is 0 Å². The lowest BCUT2D eigenvalue weighted by Crippen LogP contribution is -2.04. The van der Waals surface area contributed by atoms with Gasteiger partial charge in [-0.2, -0.15) is 5.26 Å². The lowest BCUT2D eigenvalue weighted by Gasteiger charge is -2.06. The van der Waals surface area contributed by atoms with Gasteiger partial charge in [-0.25, -0.2) is 0 Å². The van der Waals surface area contributed by atoms with Crippen molar-refractivity contribution in [3.8, 4) is 6.07 Å². The Hall–Kier alpha value is -2.37. The minimum Gasteiger partial charge on any atom is -0.288 e. The number of carbonyl (C=O) groups excluding carboxylic acids is 1. The van der Waals surface area contributed by atoms with E-state index in [1.807, 2.05) is 18.2 Å². The summed E-state index contributed by atoms with van der Waals surface area (Å²) in [5.74, 6) is -0.273. The smallest absolute Gasteiger partial charge is 0.203 e. The van der Waals surface area contributed by atoms with Gasteiger partial charge >= 0.3 is 0 Å². The average Bonchev–Trinajstić information content (AvgIpc) is 2.48. The second kappa shape index (κ2) is 6.18. The van der Waals surface area contributed by atoms with Crippen molar-refractivity contribution in [1.29, 1.82) is 5.26 Å². The number of rotatable bonds is 3. The third-order valence-corrected chi connectivity index (χ3v) is 3.24. The molecule has 0 saturated carbocycles. The molecule has 0 aromatic heterocycles. The van der Waals surface area contributed by atoms with Crippen molar-refractivity contribution < 1.29 is 4.79 Å². The first kappa shape index (κ1) is 14.0. The zero-order valence-corrected chi connectivity index (χ0v) is 11.7. The Balaban J connectivity index is 2.49. The lowest BCUT2D eigenvalue weighted by atomic mass is 9.96. The van der Waals surface area contributed by atoms with Crippen LogP contribution >= 0.6 is 11.6 Å². The van der Waals surface area contributed by atoms with E-state index >= 15 is 0 Å². The van der Waals surface area contributed by atoms with Crippen LogP contribution in [-0.2, 0) is 0 Å². The Morgan fingerprint density at radius 2 is 1.70 bits per heavy atom. The number of Topliss-reactive ketones (excluding diaryl/α,β-unsaturated/α-hetero) is 1. The maximum atomic E-state index is 12.4. The van der Waals surface area contributed by atoms with E-state index in [0.717, 1.165) is 5.56 Å². The van der Waals surface area contributed by atoms with Gasteiger partial charge in [0.2, 0.25) is 5.78 Å². The summed E-state index contributed by atoms with van der Waals surface area (Å²) < 4.78 is 0. The first-order valence-electron chi connectivity index (χ1n) is 6.10. The van der Waals surface area contributed by atoms with Crippen LogP contribution in [0.1, 0.15) is 22.8 Å². The van der Waals surface area contributed by atoms with Crippen LogP contribution in [0.25, 0.3) is 5.57 Å². The number of allylic oxidation sites excluding steroid dienone is 2. The zero-order valence-electron chi connectivity index (χ0n) is 10.9. The van der Waals surface area contributed by atoms with Crippen LogP contribution in [0.3, 0.4) is 0 Å². The van der Waals surface area contributed by atoms with E-state index in [-0.39, 0.29) is 11.4 Å². The standard InChI is InChI=1S/C17H12ClNO/c1-12(14-8-5-9-15(18)10-14)16(11-19)17(20)13-6-3-2-4-7-13/h2-10H,1H3/b16-12+. The van der Waals surface area contributed by atoms with Crippen molar-refractivity contribution in [2.45, 2.75) is 6.92 Å². The van der Waals surface area contributed by atoms with Gasteiger partial charge in [-0.05, 0) is 30.2 Å². The number of hydrogen-bond acceptors (Lipinski definition) is 2. The van der Waals surface area contributed by atoms with Crippen LogP contribution in [0, 0.1) is 11.3 Å². The largest absolute Gasteiger partial charge is 0.288 e. The summed E-state index contributed by atoms with van der Waals surface area (Å²) >= 11 is 5.94. The molecule has 0 aliphatic carbocycles. The number of ketones is 1. The Kier molecular flexibility index (Phi) is 4.34. The van der Waals surface area contributed by atoms with Crippen LogP contribution in [-0.4, -0.2) is 5.78 Å². The van der Waals surface area contributed by atoms with Gasteiger partial charge < -0.3 is 0 Å². The molecule has 0 spiro atoms. The van der Waals surface area contributed by atoms with Crippen molar-refractivity contribution in [1.82, 2.24) is 0 Å². The monoisotopic (exact) mass is 281 g/mol. The summed E-state index contributed by atoms with van der Waals surface area (Å²) in [5, 5.41) is 9.87. The maximum Gasteiger partial charge on any atom is 0.203 e. The highest BCUT2D eigenvalue weighted by Gasteiger charge is 2.15. The molecule has 0 radical (unpaired) electrons. The van der Waals surface area contributed by atoms with Crippen molar-refractivity contribution in [2.75, 3.05) is 0 Å². The Morgan fingerprint density at radius 3 is 2.30 bits per heavy atom. The first-order chi connectivity index (χ1) is 9.63. The fourth-order valence-corrected chi connectivity index (χ4v) is 2.10. The number of benzene rings is 2. The fraction of sp³-hybridized carbons (Fsp3) is 0.0588. The van der Waals surface area contributed by atoms with Crippen molar-refractivity contribution >= 4 is 23.0 Å². The van der Waals surface area contributed by atoms with Gasteiger partial charge in [-0.3, -0.25) is 4.79 Å². The molecule has 2 aromatic carbocycles. The summed E-state index contributed by atoms with van der Waals surface area (Å²) in [7, 11) is 0. The molecule has 0 fully saturated rings. The van der Waals surface area contributed by atoms with E-state index in [2.05, 4.69) is 0 Å². The van der Waals surface area contributed by atoms with Crippen LogP contribution in [0.15, 0.2) is 60.2 Å². The summed E-state index contributed by atoms with van der Waals surface area (Å²) in [6.45, 7) is 1.76. The van der Waals surface area contributed by atoms with Gasteiger partial charge in [0.15, 0.2) is 0 Å². The molecule has 2 aromatic rings. The minimum absolute atomic E-state index is 0.137. The van der Waals surface area contributed by atoms with E-state index in [9.17, 15) is 10.1 Å². The molecule has 0 saturated heterocycles. The molecule has 0 heterocycles. The summed E-state index contributed by atoms with van der Waals surface area (Å²) in [5.41, 5.74) is 2.05. The van der Waals surface area contributed by atoms with E-state index in [1.54, 1.807) is 49.4 Å². The topological polar surface area (TPSA) is 40.9 Å². The molecule has 0 aliphatic heterocycles. The third-order valence-electron chi connectivity index (χ3n) is 3.01. The summed E-state index contributed by atoms with van der Waals surface area (Å²) in [6, 6.07) is 17.9. The summed E-state index contributed by atoms with van der Waals surface area (Å²) in [6.07, 6.45) is 0. The van der Waals surface area contributed by atoms with E-state index in [0.29, 0.717) is 16.2 Å².